The molecule has 0 aliphatic heterocycles. The van der Waals surface area contributed by atoms with Crippen molar-refractivity contribution < 1.29 is 9.53 Å². The predicted octanol–water partition coefficient (Wildman–Crippen LogP) is 0.537. The van der Waals surface area contributed by atoms with Crippen LogP contribution < -0.4 is 5.59 Å². The molecule has 18 heavy (non-hydrogen) atoms. The molecule has 0 aliphatic carbocycles. The third-order valence-corrected chi connectivity index (χ3v) is 2.43. The van der Waals surface area contributed by atoms with Crippen LogP contribution in [0.2, 0.25) is 0 Å². The van der Waals surface area contributed by atoms with Crippen molar-refractivity contribution in [3.8, 4) is 0 Å². The summed E-state index contributed by atoms with van der Waals surface area (Å²) in [5, 5.41) is 8.09. The van der Waals surface area contributed by atoms with E-state index in [1.807, 2.05) is 27.7 Å². The highest BCUT2D eigenvalue weighted by molar-refractivity contribution is 6.31. The van der Waals surface area contributed by atoms with Gasteiger partial charge in [-0.05, 0) is 27.7 Å². The second kappa shape index (κ2) is 5.00. The number of rotatable bonds is 2. The molecule has 1 aromatic heterocycles. The first-order chi connectivity index (χ1) is 8.11. The molecule has 1 atom stereocenters. The number of carbonyl (C=O) groups excluding carboxylic acids is 1. The van der Waals surface area contributed by atoms with Crippen molar-refractivity contribution in [1.82, 2.24) is 19.9 Å². The van der Waals surface area contributed by atoms with Crippen LogP contribution in [0, 0.1) is 0 Å². The van der Waals surface area contributed by atoms with Crippen molar-refractivity contribution in [2.24, 2.45) is 7.05 Å². The summed E-state index contributed by atoms with van der Waals surface area (Å²) in [6.45, 7) is 7.28. The number of carbonyl (C=O) groups is 1. The normalized spacial score (nSPS) is 13.2. The molecular weight excluding hydrogens is 231 g/mol. The summed E-state index contributed by atoms with van der Waals surface area (Å²) >= 11 is 0. The zero-order chi connectivity index (χ0) is 14.1. The first-order valence-corrected chi connectivity index (χ1v) is 5.74. The van der Waals surface area contributed by atoms with Crippen molar-refractivity contribution in [2.45, 2.75) is 39.3 Å². The maximum absolute atomic E-state index is 11.9. The average molecular weight is 250 g/mol. The van der Waals surface area contributed by atoms with Crippen LogP contribution in [0.25, 0.3) is 0 Å². The number of hydrogen-bond acceptors (Lipinski definition) is 4. The highest BCUT2D eigenvalue weighted by Crippen LogP contribution is 2.17. The van der Waals surface area contributed by atoms with Gasteiger partial charge in [-0.25, -0.2) is 4.79 Å². The Hall–Kier alpha value is -1.53. The van der Waals surface area contributed by atoms with Crippen molar-refractivity contribution in [3.63, 3.8) is 0 Å². The minimum absolute atomic E-state index is 0.298. The van der Waals surface area contributed by atoms with Gasteiger partial charge in [-0.15, -0.1) is 0 Å². The Morgan fingerprint density at radius 1 is 1.44 bits per heavy atom. The fourth-order valence-electron chi connectivity index (χ4n) is 1.41. The molecule has 0 bridgehead atoms. The molecule has 0 aliphatic rings. The molecule has 0 fully saturated rings. The van der Waals surface area contributed by atoms with Crippen LogP contribution >= 0.6 is 0 Å². The quantitative estimate of drug-likeness (QED) is 0.718. The fraction of sp³-hybridized carbons (Fsp3) is 0.727. The molecule has 1 rings (SSSR count). The molecule has 0 saturated heterocycles. The molecule has 1 amide bonds. The third-order valence-electron chi connectivity index (χ3n) is 2.43. The van der Waals surface area contributed by atoms with Crippen molar-refractivity contribution >= 4 is 19.5 Å². The number of nitrogens with zero attached hydrogens (tertiary/aromatic N) is 4. The SMILES string of the molecule is [B]c1nn(C)nc1C(C)N(C)C(=O)OC(C)(C)C. The summed E-state index contributed by atoms with van der Waals surface area (Å²) < 4.78 is 5.28. The summed E-state index contributed by atoms with van der Waals surface area (Å²) in [6.07, 6.45) is -0.417. The van der Waals surface area contributed by atoms with Gasteiger partial charge in [0.05, 0.1) is 11.7 Å². The van der Waals surface area contributed by atoms with Gasteiger partial charge in [-0.2, -0.15) is 15.0 Å². The predicted molar refractivity (Wildman–Crippen MR) is 68.8 cm³/mol. The van der Waals surface area contributed by atoms with Crippen LogP contribution in [0.1, 0.15) is 39.4 Å². The number of aromatic nitrogens is 3. The van der Waals surface area contributed by atoms with E-state index in [1.54, 1.807) is 14.1 Å². The summed E-state index contributed by atoms with van der Waals surface area (Å²) in [6, 6.07) is -0.298. The van der Waals surface area contributed by atoms with E-state index in [9.17, 15) is 4.79 Å². The summed E-state index contributed by atoms with van der Waals surface area (Å²) in [7, 11) is 9.06. The van der Waals surface area contributed by atoms with Crippen LogP contribution in [0.4, 0.5) is 4.79 Å². The third kappa shape index (κ3) is 3.48. The van der Waals surface area contributed by atoms with Gasteiger partial charge in [0.1, 0.15) is 13.4 Å². The highest BCUT2D eigenvalue weighted by atomic mass is 16.6. The zero-order valence-corrected chi connectivity index (χ0v) is 11.8. The van der Waals surface area contributed by atoms with Crippen LogP contribution in [-0.4, -0.2) is 46.5 Å². The Morgan fingerprint density at radius 3 is 2.39 bits per heavy atom. The number of hydrogen-bond donors (Lipinski definition) is 0. The number of aryl methyl sites for hydroxylation is 1. The van der Waals surface area contributed by atoms with Crippen molar-refractivity contribution in [2.75, 3.05) is 7.05 Å². The maximum Gasteiger partial charge on any atom is 0.410 e. The van der Waals surface area contributed by atoms with E-state index in [1.165, 1.54) is 9.70 Å². The molecule has 0 aromatic carbocycles. The highest BCUT2D eigenvalue weighted by Gasteiger charge is 2.26. The smallest absolute Gasteiger partial charge is 0.410 e. The van der Waals surface area contributed by atoms with E-state index in [0.29, 0.717) is 11.3 Å². The van der Waals surface area contributed by atoms with Gasteiger partial charge in [0.15, 0.2) is 0 Å². The van der Waals surface area contributed by atoms with E-state index >= 15 is 0 Å². The Kier molecular flexibility index (Phi) is 4.03. The Morgan fingerprint density at radius 2 is 2.00 bits per heavy atom. The molecule has 1 unspecified atom stereocenters. The van der Waals surface area contributed by atoms with Crippen molar-refractivity contribution in [3.05, 3.63) is 5.69 Å². The molecule has 2 radical (unpaired) electrons. The van der Waals surface area contributed by atoms with Gasteiger partial charge in [-0.1, -0.05) is 0 Å². The van der Waals surface area contributed by atoms with Crippen LogP contribution in [0.15, 0.2) is 0 Å². The molecule has 1 aromatic rings. The van der Waals surface area contributed by atoms with Gasteiger partial charge >= 0.3 is 6.09 Å². The molecule has 98 valence electrons. The van der Waals surface area contributed by atoms with Crippen LogP contribution in [0.3, 0.4) is 0 Å². The second-order valence-corrected chi connectivity index (χ2v) is 5.23. The van der Waals surface area contributed by atoms with Gasteiger partial charge in [0.2, 0.25) is 0 Å². The molecule has 7 heteroatoms. The second-order valence-electron chi connectivity index (χ2n) is 5.23. The van der Waals surface area contributed by atoms with E-state index in [4.69, 9.17) is 12.6 Å². The zero-order valence-electron chi connectivity index (χ0n) is 11.8. The largest absolute Gasteiger partial charge is 0.444 e. The molecule has 0 N–H and O–H groups in total. The number of amides is 1. The average Bonchev–Trinajstić information content (AvgIpc) is 2.53. The molecule has 0 spiro atoms. The topological polar surface area (TPSA) is 60.2 Å². The molecular formula is C11H19BN4O2. The summed E-state index contributed by atoms with van der Waals surface area (Å²) in [4.78, 5) is 14.7. The molecule has 6 nitrogen and oxygen atoms in total. The maximum atomic E-state index is 11.9. The van der Waals surface area contributed by atoms with Gasteiger partial charge in [0, 0.05) is 19.7 Å². The lowest BCUT2D eigenvalue weighted by atomic mass is 9.99. The van der Waals surface area contributed by atoms with E-state index in [0.717, 1.165) is 0 Å². The molecule has 1 heterocycles. The van der Waals surface area contributed by atoms with E-state index in [-0.39, 0.29) is 6.04 Å². The first kappa shape index (κ1) is 14.5. The van der Waals surface area contributed by atoms with Gasteiger partial charge in [0.25, 0.3) is 0 Å². The Balaban J connectivity index is 2.81. The Bertz CT molecular complexity index is 439. The molecule has 0 saturated carbocycles. The number of ether oxygens (including phenoxy) is 1. The fourth-order valence-corrected chi connectivity index (χ4v) is 1.41. The van der Waals surface area contributed by atoms with Crippen LogP contribution in [0.5, 0.6) is 0 Å². The van der Waals surface area contributed by atoms with E-state index < -0.39 is 11.7 Å². The van der Waals surface area contributed by atoms with Crippen molar-refractivity contribution in [1.29, 1.82) is 0 Å². The lowest BCUT2D eigenvalue weighted by Gasteiger charge is -2.28. The standard InChI is InChI=1S/C11H19BN4O2/c1-7(8-9(12)14-16(6)13-8)15(5)10(17)18-11(2,3)4/h7H,1-6H3. The lowest BCUT2D eigenvalue weighted by Crippen LogP contribution is -2.37. The minimum atomic E-state index is -0.529. The van der Waals surface area contributed by atoms with E-state index in [2.05, 4.69) is 10.2 Å². The lowest BCUT2D eigenvalue weighted by molar-refractivity contribution is 0.0231. The first-order valence-electron chi connectivity index (χ1n) is 5.74. The summed E-state index contributed by atoms with van der Waals surface area (Å²) in [5.41, 5.74) is 0.352. The monoisotopic (exact) mass is 250 g/mol. The minimum Gasteiger partial charge on any atom is -0.444 e. The van der Waals surface area contributed by atoms with Gasteiger partial charge in [-0.3, -0.25) is 0 Å². The van der Waals surface area contributed by atoms with Gasteiger partial charge < -0.3 is 9.64 Å². The van der Waals surface area contributed by atoms with Crippen LogP contribution in [-0.2, 0) is 11.8 Å². The Labute approximate surface area is 109 Å². The summed E-state index contributed by atoms with van der Waals surface area (Å²) in [5.74, 6) is 0.